The molecule has 3 nitrogen and oxygen atoms in total. The van der Waals surface area contributed by atoms with Gasteiger partial charge in [-0.25, -0.2) is 4.79 Å². The van der Waals surface area contributed by atoms with Crippen molar-refractivity contribution in [1.29, 1.82) is 0 Å². The van der Waals surface area contributed by atoms with Crippen LogP contribution < -0.4 is 10.6 Å². The Labute approximate surface area is 104 Å². The van der Waals surface area contributed by atoms with Gasteiger partial charge in [-0.15, -0.1) is 6.58 Å². The molecule has 2 amide bonds. The molecule has 0 saturated carbocycles. The van der Waals surface area contributed by atoms with E-state index in [0.717, 1.165) is 10.9 Å². The van der Waals surface area contributed by atoms with Gasteiger partial charge in [0.1, 0.15) is 0 Å². The maximum Gasteiger partial charge on any atom is 0.315 e. The van der Waals surface area contributed by atoms with Crippen LogP contribution in [0.2, 0.25) is 0 Å². The van der Waals surface area contributed by atoms with Gasteiger partial charge in [-0.3, -0.25) is 0 Å². The Bertz CT molecular complexity index is 349. The molecule has 0 heterocycles. The molecule has 0 saturated heterocycles. The highest BCUT2D eigenvalue weighted by Gasteiger charge is 1.97. The third-order valence-electron chi connectivity index (χ3n) is 2.02. The molecule has 0 spiro atoms. The van der Waals surface area contributed by atoms with Crippen LogP contribution in [0.3, 0.4) is 0 Å². The third kappa shape index (κ3) is 4.98. The summed E-state index contributed by atoms with van der Waals surface area (Å²) in [5, 5.41) is 5.42. The van der Waals surface area contributed by atoms with Crippen molar-refractivity contribution in [3.8, 4) is 0 Å². The molecule has 4 heteroatoms. The summed E-state index contributed by atoms with van der Waals surface area (Å²) in [7, 11) is 0. The molecule has 0 atom stereocenters. The van der Waals surface area contributed by atoms with E-state index >= 15 is 0 Å². The number of carbonyl (C=O) groups is 1. The Morgan fingerprint density at radius 2 is 2.00 bits per heavy atom. The van der Waals surface area contributed by atoms with Crippen molar-refractivity contribution in [2.24, 2.45) is 0 Å². The summed E-state index contributed by atoms with van der Waals surface area (Å²) < 4.78 is 1.06. The molecule has 2 N–H and O–H groups in total. The molecule has 0 aliphatic carbocycles. The van der Waals surface area contributed by atoms with Gasteiger partial charge in [0.2, 0.25) is 0 Å². The van der Waals surface area contributed by atoms with Gasteiger partial charge in [-0.1, -0.05) is 34.1 Å². The molecule has 0 fully saturated rings. The molecule has 16 heavy (non-hydrogen) atoms. The van der Waals surface area contributed by atoms with Gasteiger partial charge in [0.05, 0.1) is 0 Å². The van der Waals surface area contributed by atoms with Crippen molar-refractivity contribution in [1.82, 2.24) is 10.6 Å². The molecule has 0 aromatic heterocycles. The van der Waals surface area contributed by atoms with Crippen LogP contribution >= 0.6 is 15.9 Å². The van der Waals surface area contributed by atoms with E-state index in [0.29, 0.717) is 13.1 Å². The molecular formula is C12H15BrN2O. The number of nitrogens with one attached hydrogen (secondary N) is 2. The van der Waals surface area contributed by atoms with Crippen LogP contribution in [0.1, 0.15) is 5.56 Å². The van der Waals surface area contributed by atoms with Crippen LogP contribution in [-0.2, 0) is 6.42 Å². The smallest absolute Gasteiger partial charge is 0.315 e. The van der Waals surface area contributed by atoms with Crippen LogP contribution in [0.4, 0.5) is 4.79 Å². The van der Waals surface area contributed by atoms with Gasteiger partial charge >= 0.3 is 6.03 Å². The van der Waals surface area contributed by atoms with E-state index < -0.39 is 0 Å². The summed E-state index contributed by atoms with van der Waals surface area (Å²) in [6, 6.07) is 7.90. The molecule has 0 bridgehead atoms. The van der Waals surface area contributed by atoms with E-state index in [1.165, 1.54) is 5.56 Å². The van der Waals surface area contributed by atoms with Gasteiger partial charge in [0.25, 0.3) is 0 Å². The molecule has 1 aromatic carbocycles. The average Bonchev–Trinajstić information content (AvgIpc) is 2.29. The lowest BCUT2D eigenvalue weighted by Gasteiger charge is -2.05. The van der Waals surface area contributed by atoms with Crippen molar-refractivity contribution in [2.75, 3.05) is 13.1 Å². The molecule has 86 valence electrons. The number of halogens is 1. The van der Waals surface area contributed by atoms with E-state index in [1.54, 1.807) is 6.08 Å². The molecule has 0 aliphatic rings. The molecule has 1 aromatic rings. The lowest BCUT2D eigenvalue weighted by atomic mass is 10.1. The standard InChI is InChI=1S/C12H15BrN2O/c1-2-8-14-12(16)15-9-7-10-3-5-11(13)6-4-10/h2-6H,1,7-9H2,(H2,14,15,16). The number of benzene rings is 1. The van der Waals surface area contributed by atoms with Crippen molar-refractivity contribution in [3.63, 3.8) is 0 Å². The lowest BCUT2D eigenvalue weighted by molar-refractivity contribution is 0.242. The fourth-order valence-corrected chi connectivity index (χ4v) is 1.46. The summed E-state index contributed by atoms with van der Waals surface area (Å²) >= 11 is 3.38. The second-order valence-electron chi connectivity index (χ2n) is 3.30. The zero-order chi connectivity index (χ0) is 11.8. The predicted molar refractivity (Wildman–Crippen MR) is 69.4 cm³/mol. The van der Waals surface area contributed by atoms with Crippen LogP contribution in [0.15, 0.2) is 41.4 Å². The molecule has 0 radical (unpaired) electrons. The minimum absolute atomic E-state index is 0.156. The van der Waals surface area contributed by atoms with E-state index in [-0.39, 0.29) is 6.03 Å². The zero-order valence-electron chi connectivity index (χ0n) is 9.00. The Kier molecular flexibility index (Phi) is 5.64. The second kappa shape index (κ2) is 7.06. The summed E-state index contributed by atoms with van der Waals surface area (Å²) in [6.07, 6.45) is 2.48. The van der Waals surface area contributed by atoms with Crippen LogP contribution in [0.5, 0.6) is 0 Å². The first-order valence-electron chi connectivity index (χ1n) is 5.09. The Morgan fingerprint density at radius 1 is 1.31 bits per heavy atom. The minimum atomic E-state index is -0.156. The first-order chi connectivity index (χ1) is 7.72. The largest absolute Gasteiger partial charge is 0.338 e. The van der Waals surface area contributed by atoms with Crippen molar-refractivity contribution in [3.05, 3.63) is 47.0 Å². The number of urea groups is 1. The zero-order valence-corrected chi connectivity index (χ0v) is 10.6. The Balaban J connectivity index is 2.22. The molecule has 0 unspecified atom stereocenters. The monoisotopic (exact) mass is 282 g/mol. The van der Waals surface area contributed by atoms with Crippen LogP contribution in [-0.4, -0.2) is 19.1 Å². The van der Waals surface area contributed by atoms with E-state index in [4.69, 9.17) is 0 Å². The topological polar surface area (TPSA) is 41.1 Å². The highest BCUT2D eigenvalue weighted by molar-refractivity contribution is 9.10. The van der Waals surface area contributed by atoms with Gasteiger partial charge in [-0.05, 0) is 24.1 Å². The summed E-state index contributed by atoms with van der Waals surface area (Å²) in [4.78, 5) is 11.2. The van der Waals surface area contributed by atoms with Gasteiger partial charge in [0.15, 0.2) is 0 Å². The van der Waals surface area contributed by atoms with E-state index in [1.807, 2.05) is 24.3 Å². The first-order valence-corrected chi connectivity index (χ1v) is 5.88. The van der Waals surface area contributed by atoms with Crippen molar-refractivity contribution >= 4 is 22.0 Å². The van der Waals surface area contributed by atoms with E-state index in [2.05, 4.69) is 33.1 Å². The number of carbonyl (C=O) groups excluding carboxylic acids is 1. The highest BCUT2D eigenvalue weighted by atomic mass is 79.9. The highest BCUT2D eigenvalue weighted by Crippen LogP contribution is 2.10. The number of hydrogen-bond acceptors (Lipinski definition) is 1. The quantitative estimate of drug-likeness (QED) is 0.801. The number of hydrogen-bond donors (Lipinski definition) is 2. The fraction of sp³-hybridized carbons (Fsp3) is 0.250. The second-order valence-corrected chi connectivity index (χ2v) is 4.22. The number of amides is 2. The minimum Gasteiger partial charge on any atom is -0.338 e. The third-order valence-corrected chi connectivity index (χ3v) is 2.55. The van der Waals surface area contributed by atoms with Gasteiger partial charge in [0, 0.05) is 17.6 Å². The van der Waals surface area contributed by atoms with Crippen molar-refractivity contribution in [2.45, 2.75) is 6.42 Å². The van der Waals surface area contributed by atoms with Crippen molar-refractivity contribution < 1.29 is 4.79 Å². The summed E-state index contributed by atoms with van der Waals surface area (Å²) in [6.45, 7) is 4.64. The Morgan fingerprint density at radius 3 is 2.62 bits per heavy atom. The SMILES string of the molecule is C=CCNC(=O)NCCc1ccc(Br)cc1. The Hall–Kier alpha value is -1.29. The van der Waals surface area contributed by atoms with E-state index in [9.17, 15) is 4.79 Å². The van der Waals surface area contributed by atoms with Crippen LogP contribution in [0, 0.1) is 0 Å². The summed E-state index contributed by atoms with van der Waals surface area (Å²) in [5.74, 6) is 0. The normalized spacial score (nSPS) is 9.56. The maximum atomic E-state index is 11.2. The van der Waals surface area contributed by atoms with Gasteiger partial charge in [-0.2, -0.15) is 0 Å². The average molecular weight is 283 g/mol. The lowest BCUT2D eigenvalue weighted by Crippen LogP contribution is -2.36. The molecule has 1 rings (SSSR count). The maximum absolute atomic E-state index is 11.2. The molecule has 0 aliphatic heterocycles. The summed E-state index contributed by atoms with van der Waals surface area (Å²) in [5.41, 5.74) is 1.20. The predicted octanol–water partition coefficient (Wildman–Crippen LogP) is 2.48. The fourth-order valence-electron chi connectivity index (χ4n) is 1.20. The van der Waals surface area contributed by atoms with Gasteiger partial charge < -0.3 is 10.6 Å². The molecular weight excluding hydrogens is 268 g/mol. The van der Waals surface area contributed by atoms with Crippen LogP contribution in [0.25, 0.3) is 0 Å². The first kappa shape index (κ1) is 12.8. The number of rotatable bonds is 5.